The third kappa shape index (κ3) is 4.99. The Morgan fingerprint density at radius 3 is 2.65 bits per heavy atom. The fraction of sp³-hybridized carbons (Fsp3) is 0.172. The van der Waals surface area contributed by atoms with Crippen LogP contribution >= 0.6 is 46.3 Å². The van der Waals surface area contributed by atoms with Crippen molar-refractivity contribution in [3.63, 3.8) is 0 Å². The molecule has 40 heavy (non-hydrogen) atoms. The highest BCUT2D eigenvalue weighted by molar-refractivity contribution is 8.00. The number of fused-ring (bicyclic) bond motifs is 1. The van der Waals surface area contributed by atoms with Crippen molar-refractivity contribution >= 4 is 68.9 Å². The van der Waals surface area contributed by atoms with E-state index >= 15 is 0 Å². The lowest BCUT2D eigenvalue weighted by atomic mass is 9.94. The lowest BCUT2D eigenvalue weighted by Crippen LogP contribution is -2.29. The van der Waals surface area contributed by atoms with Crippen molar-refractivity contribution in [2.75, 3.05) is 4.90 Å². The van der Waals surface area contributed by atoms with Crippen molar-refractivity contribution in [2.45, 2.75) is 35.6 Å². The average Bonchev–Trinajstić information content (AvgIpc) is 3.64. The Bertz CT molecular complexity index is 1680. The molecule has 1 amide bonds. The molecule has 0 aliphatic carbocycles. The molecule has 1 N–H and O–H groups in total. The fourth-order valence-electron chi connectivity index (χ4n) is 4.83. The van der Waals surface area contributed by atoms with Crippen LogP contribution in [-0.2, 0) is 21.8 Å². The molecule has 6 rings (SSSR count). The van der Waals surface area contributed by atoms with Gasteiger partial charge < -0.3 is 9.84 Å². The van der Waals surface area contributed by atoms with Gasteiger partial charge in [0.2, 0.25) is 5.13 Å². The Labute approximate surface area is 248 Å². The molecule has 7 nitrogen and oxygen atoms in total. The summed E-state index contributed by atoms with van der Waals surface area (Å²) >= 11 is 15.2. The zero-order valence-corrected chi connectivity index (χ0v) is 24.2. The summed E-state index contributed by atoms with van der Waals surface area (Å²) in [5.41, 5.74) is 2.89. The van der Waals surface area contributed by atoms with E-state index in [9.17, 15) is 14.7 Å². The van der Waals surface area contributed by atoms with Gasteiger partial charge in [-0.25, -0.2) is 0 Å². The van der Waals surface area contributed by atoms with Crippen molar-refractivity contribution in [1.82, 2.24) is 10.2 Å². The molecule has 11 heteroatoms. The second kappa shape index (κ2) is 10.9. The van der Waals surface area contributed by atoms with Crippen LogP contribution < -0.4 is 9.64 Å². The molecule has 3 aromatic carbocycles. The SMILES string of the molecule is CC1Cc2cc(/C(O)=C3\C(=O)C(=O)N(c4nnc(SCc5ccccc5)s4)C3c3ccc(Cl)c(Cl)c3)ccc2O1. The number of anilines is 1. The molecule has 0 bridgehead atoms. The van der Waals surface area contributed by atoms with Crippen LogP contribution in [0.2, 0.25) is 10.0 Å². The van der Waals surface area contributed by atoms with Crippen LogP contribution in [0.25, 0.3) is 5.76 Å². The molecule has 2 aliphatic heterocycles. The van der Waals surface area contributed by atoms with Crippen LogP contribution in [0.3, 0.4) is 0 Å². The summed E-state index contributed by atoms with van der Waals surface area (Å²) in [5, 5.41) is 20.8. The first-order chi connectivity index (χ1) is 19.3. The van der Waals surface area contributed by atoms with Gasteiger partial charge in [0.25, 0.3) is 5.78 Å². The quantitative estimate of drug-likeness (QED) is 0.0820. The first-order valence-electron chi connectivity index (χ1n) is 12.4. The number of aliphatic hydroxyl groups is 1. The second-order valence-corrected chi connectivity index (χ2v) is 12.4. The number of nitrogens with zero attached hydrogens (tertiary/aromatic N) is 3. The number of thioether (sulfide) groups is 1. The predicted molar refractivity (Wildman–Crippen MR) is 157 cm³/mol. The van der Waals surface area contributed by atoms with Crippen LogP contribution in [0.5, 0.6) is 5.75 Å². The van der Waals surface area contributed by atoms with Gasteiger partial charge >= 0.3 is 5.91 Å². The minimum atomic E-state index is -0.988. The molecule has 1 fully saturated rings. The van der Waals surface area contributed by atoms with Crippen molar-refractivity contribution in [3.8, 4) is 5.75 Å². The Morgan fingerprint density at radius 1 is 1.07 bits per heavy atom. The maximum absolute atomic E-state index is 13.5. The lowest BCUT2D eigenvalue weighted by Gasteiger charge is -2.23. The van der Waals surface area contributed by atoms with E-state index in [0.717, 1.165) is 16.9 Å². The fourth-order valence-corrected chi connectivity index (χ4v) is 6.96. The molecule has 3 heterocycles. The zero-order valence-electron chi connectivity index (χ0n) is 21.0. The molecule has 2 atom stereocenters. The van der Waals surface area contributed by atoms with Crippen LogP contribution in [0.4, 0.5) is 5.13 Å². The zero-order chi connectivity index (χ0) is 28.0. The summed E-state index contributed by atoms with van der Waals surface area (Å²) < 4.78 is 6.42. The number of hydrogen-bond donors (Lipinski definition) is 1. The van der Waals surface area contributed by atoms with Gasteiger partial charge in [-0.05, 0) is 53.9 Å². The van der Waals surface area contributed by atoms with E-state index in [-0.39, 0.29) is 27.6 Å². The number of ether oxygens (including phenoxy) is 1. The van der Waals surface area contributed by atoms with Gasteiger partial charge in [0.15, 0.2) is 4.34 Å². The highest BCUT2D eigenvalue weighted by Crippen LogP contribution is 2.45. The maximum atomic E-state index is 13.5. The van der Waals surface area contributed by atoms with E-state index in [2.05, 4.69) is 10.2 Å². The highest BCUT2D eigenvalue weighted by atomic mass is 35.5. The molecule has 0 radical (unpaired) electrons. The minimum absolute atomic E-state index is 0.0144. The molecule has 2 aliphatic rings. The van der Waals surface area contributed by atoms with Crippen LogP contribution in [-0.4, -0.2) is 33.1 Å². The molecule has 2 unspecified atom stereocenters. The van der Waals surface area contributed by atoms with Gasteiger partial charge in [-0.15, -0.1) is 10.2 Å². The molecule has 4 aromatic rings. The molecular formula is C29H21Cl2N3O4S2. The summed E-state index contributed by atoms with van der Waals surface area (Å²) in [6.07, 6.45) is 0.690. The number of aliphatic hydroxyl groups excluding tert-OH is 1. The average molecular weight is 611 g/mol. The third-order valence-corrected chi connectivity index (χ3v) is 9.55. The van der Waals surface area contributed by atoms with Crippen LogP contribution in [0.15, 0.2) is 76.6 Å². The number of hydrogen-bond acceptors (Lipinski definition) is 8. The van der Waals surface area contributed by atoms with E-state index in [4.69, 9.17) is 27.9 Å². The highest BCUT2D eigenvalue weighted by Gasteiger charge is 2.48. The molecule has 0 saturated carbocycles. The summed E-state index contributed by atoms with van der Waals surface area (Å²) in [6.45, 7) is 1.96. The van der Waals surface area contributed by atoms with Crippen LogP contribution in [0.1, 0.15) is 35.2 Å². The van der Waals surface area contributed by atoms with E-state index < -0.39 is 17.7 Å². The smallest absolute Gasteiger partial charge is 0.301 e. The number of amides is 1. The Hall–Kier alpha value is -3.37. The molecule has 1 saturated heterocycles. The second-order valence-electron chi connectivity index (χ2n) is 9.42. The standard InChI is InChI=1S/C29H21Cl2N3O4S2/c1-15-11-19-12-18(8-10-22(19)38-15)25(35)23-24(17-7-9-20(30)21(31)13-17)34(27(37)26(23)36)28-32-33-29(40-28)39-14-16-5-3-2-4-6-16/h2-10,12-13,15,24,35H,11,14H2,1H3/b25-23+. The van der Waals surface area contributed by atoms with Crippen molar-refractivity contribution in [2.24, 2.45) is 0 Å². The van der Waals surface area contributed by atoms with Gasteiger partial charge in [0.1, 0.15) is 17.6 Å². The number of carbonyl (C=O) groups excluding carboxylic acids is 2. The summed E-state index contributed by atoms with van der Waals surface area (Å²) in [7, 11) is 0. The predicted octanol–water partition coefficient (Wildman–Crippen LogP) is 7.09. The number of aromatic nitrogens is 2. The number of ketones is 1. The first-order valence-corrected chi connectivity index (χ1v) is 14.9. The van der Waals surface area contributed by atoms with Crippen molar-refractivity contribution < 1.29 is 19.4 Å². The Morgan fingerprint density at radius 2 is 1.88 bits per heavy atom. The van der Waals surface area contributed by atoms with Crippen molar-refractivity contribution in [3.05, 3.63) is 105 Å². The third-order valence-electron chi connectivity index (χ3n) is 6.68. The van der Waals surface area contributed by atoms with Crippen molar-refractivity contribution in [1.29, 1.82) is 0 Å². The summed E-state index contributed by atoms with van der Waals surface area (Å²) in [6, 6.07) is 19.0. The largest absolute Gasteiger partial charge is 0.507 e. The van der Waals surface area contributed by atoms with E-state index in [1.165, 1.54) is 28.0 Å². The Kier molecular flexibility index (Phi) is 7.31. The number of carbonyl (C=O) groups is 2. The van der Waals surface area contributed by atoms with Gasteiger partial charge in [-0.3, -0.25) is 14.5 Å². The minimum Gasteiger partial charge on any atom is -0.507 e. The topological polar surface area (TPSA) is 92.6 Å². The number of benzene rings is 3. The van der Waals surface area contributed by atoms with Gasteiger partial charge in [0.05, 0.1) is 21.7 Å². The normalized spacial score (nSPS) is 19.6. The lowest BCUT2D eigenvalue weighted by molar-refractivity contribution is -0.132. The Balaban J connectivity index is 1.41. The van der Waals surface area contributed by atoms with Gasteiger partial charge in [-0.2, -0.15) is 0 Å². The van der Waals surface area contributed by atoms with Gasteiger partial charge in [-0.1, -0.05) is 82.7 Å². The van der Waals surface area contributed by atoms with Gasteiger partial charge in [0, 0.05) is 17.7 Å². The van der Waals surface area contributed by atoms with E-state index in [1.807, 2.05) is 37.3 Å². The van der Waals surface area contributed by atoms with E-state index in [1.54, 1.807) is 36.4 Å². The number of Topliss-reactive ketones (excluding diaryl/α,β-unsaturated/α-hetero) is 1. The van der Waals surface area contributed by atoms with Crippen LogP contribution in [0, 0.1) is 0 Å². The molecular weight excluding hydrogens is 589 g/mol. The van der Waals surface area contributed by atoms with E-state index in [0.29, 0.717) is 32.7 Å². The number of halogens is 2. The molecule has 202 valence electrons. The molecule has 0 spiro atoms. The first kappa shape index (κ1) is 26.8. The maximum Gasteiger partial charge on any atom is 0.301 e. The monoisotopic (exact) mass is 609 g/mol. The number of rotatable bonds is 6. The summed E-state index contributed by atoms with van der Waals surface area (Å²) in [4.78, 5) is 28.3. The summed E-state index contributed by atoms with van der Waals surface area (Å²) in [5.74, 6) is -0.521. The molecule has 1 aromatic heterocycles.